The van der Waals surface area contributed by atoms with Gasteiger partial charge in [0.15, 0.2) is 0 Å². The van der Waals surface area contributed by atoms with Gasteiger partial charge in [-0.15, -0.1) is 0 Å². The molecule has 0 spiro atoms. The first-order valence-corrected chi connectivity index (χ1v) is 5.48. The quantitative estimate of drug-likeness (QED) is 0.654. The van der Waals surface area contributed by atoms with Gasteiger partial charge in [0.25, 0.3) is 0 Å². The van der Waals surface area contributed by atoms with E-state index in [9.17, 15) is 0 Å². The molecule has 0 saturated heterocycles. The molecule has 0 aliphatic carbocycles. The van der Waals surface area contributed by atoms with Gasteiger partial charge in [0.2, 0.25) is 0 Å². The molecule has 0 aromatic rings. The average molecular weight is 186 g/mol. The monoisotopic (exact) mass is 186 g/mol. The lowest BCUT2D eigenvalue weighted by Gasteiger charge is -2.23. The van der Waals surface area contributed by atoms with Crippen molar-refractivity contribution in [2.45, 2.75) is 40.2 Å². The lowest BCUT2D eigenvalue weighted by molar-refractivity contribution is 0.267. The maximum absolute atomic E-state index is 3.49. The molecule has 0 fully saturated rings. The third-order valence-electron chi connectivity index (χ3n) is 2.01. The Morgan fingerprint density at radius 2 is 1.77 bits per heavy atom. The normalized spacial score (nSPS) is 14.1. The van der Waals surface area contributed by atoms with E-state index in [0.717, 1.165) is 19.0 Å². The number of nitrogens with one attached hydrogen (secondary N) is 1. The molecule has 1 atom stereocenters. The van der Waals surface area contributed by atoms with E-state index >= 15 is 0 Å². The molecule has 1 unspecified atom stereocenters. The molecule has 1 N–H and O–H groups in total. The minimum Gasteiger partial charge on any atom is -0.313 e. The van der Waals surface area contributed by atoms with Crippen molar-refractivity contribution in [1.82, 2.24) is 10.2 Å². The predicted molar refractivity (Wildman–Crippen MR) is 60.1 cm³/mol. The number of likely N-dealkylation sites (N-methyl/N-ethyl adjacent to an activating group) is 1. The fraction of sp³-hybridized carbons (Fsp3) is 1.00. The molecule has 0 heterocycles. The second-order valence-electron chi connectivity index (χ2n) is 4.47. The SMILES string of the molecule is CCCNC(C)CN(C)CC(C)C. The number of hydrogen-bond acceptors (Lipinski definition) is 2. The summed E-state index contributed by atoms with van der Waals surface area (Å²) < 4.78 is 0. The summed E-state index contributed by atoms with van der Waals surface area (Å²) in [5.74, 6) is 0.767. The third-order valence-corrected chi connectivity index (χ3v) is 2.01. The van der Waals surface area contributed by atoms with Crippen LogP contribution in [-0.2, 0) is 0 Å². The molecule has 0 radical (unpaired) electrons. The Hall–Kier alpha value is -0.0800. The second kappa shape index (κ2) is 7.34. The van der Waals surface area contributed by atoms with Crippen LogP contribution in [0.3, 0.4) is 0 Å². The minimum absolute atomic E-state index is 0.615. The van der Waals surface area contributed by atoms with Crippen molar-refractivity contribution in [1.29, 1.82) is 0 Å². The van der Waals surface area contributed by atoms with E-state index in [4.69, 9.17) is 0 Å². The van der Waals surface area contributed by atoms with Gasteiger partial charge in [-0.05, 0) is 32.9 Å². The summed E-state index contributed by atoms with van der Waals surface area (Å²) >= 11 is 0. The van der Waals surface area contributed by atoms with E-state index in [-0.39, 0.29) is 0 Å². The van der Waals surface area contributed by atoms with Gasteiger partial charge >= 0.3 is 0 Å². The molecule has 0 bridgehead atoms. The van der Waals surface area contributed by atoms with Gasteiger partial charge in [-0.1, -0.05) is 20.8 Å². The Balaban J connectivity index is 3.46. The van der Waals surface area contributed by atoms with Crippen LogP contribution in [0.2, 0.25) is 0 Å². The average Bonchev–Trinajstić information content (AvgIpc) is 1.98. The van der Waals surface area contributed by atoms with Crippen molar-refractivity contribution >= 4 is 0 Å². The summed E-state index contributed by atoms with van der Waals surface area (Å²) in [6.07, 6.45) is 1.22. The summed E-state index contributed by atoms with van der Waals surface area (Å²) in [6.45, 7) is 12.5. The minimum atomic E-state index is 0.615. The summed E-state index contributed by atoms with van der Waals surface area (Å²) in [4.78, 5) is 2.40. The lowest BCUT2D eigenvalue weighted by atomic mass is 10.2. The van der Waals surface area contributed by atoms with E-state index in [1.54, 1.807) is 0 Å². The molecule has 0 aliphatic heterocycles. The molecular weight excluding hydrogens is 160 g/mol. The Labute approximate surface area is 83.7 Å². The van der Waals surface area contributed by atoms with Gasteiger partial charge in [-0.3, -0.25) is 0 Å². The smallest absolute Gasteiger partial charge is 0.0166 e. The van der Waals surface area contributed by atoms with Crippen molar-refractivity contribution in [3.8, 4) is 0 Å². The van der Waals surface area contributed by atoms with Gasteiger partial charge in [-0.2, -0.15) is 0 Å². The molecule has 0 amide bonds. The molecular formula is C11H26N2. The van der Waals surface area contributed by atoms with Crippen molar-refractivity contribution in [3.63, 3.8) is 0 Å². The van der Waals surface area contributed by atoms with Crippen molar-refractivity contribution in [2.24, 2.45) is 5.92 Å². The zero-order valence-electron chi connectivity index (χ0n) is 9.93. The van der Waals surface area contributed by atoms with Crippen LogP contribution in [-0.4, -0.2) is 37.6 Å². The highest BCUT2D eigenvalue weighted by atomic mass is 15.1. The number of rotatable bonds is 7. The zero-order chi connectivity index (χ0) is 10.3. The van der Waals surface area contributed by atoms with Crippen LogP contribution in [0.1, 0.15) is 34.1 Å². The van der Waals surface area contributed by atoms with Crippen LogP contribution in [0.25, 0.3) is 0 Å². The van der Waals surface area contributed by atoms with Crippen LogP contribution in [0.5, 0.6) is 0 Å². The maximum Gasteiger partial charge on any atom is 0.0166 e. The standard InChI is InChI=1S/C11H26N2/c1-6-7-12-11(4)9-13(5)8-10(2)3/h10-12H,6-9H2,1-5H3. The topological polar surface area (TPSA) is 15.3 Å². The highest BCUT2D eigenvalue weighted by molar-refractivity contribution is 4.65. The molecule has 0 aliphatic rings. The molecule has 2 nitrogen and oxygen atoms in total. The van der Waals surface area contributed by atoms with E-state index in [2.05, 4.69) is 45.0 Å². The van der Waals surface area contributed by atoms with E-state index in [1.807, 2.05) is 0 Å². The summed E-state index contributed by atoms with van der Waals surface area (Å²) in [7, 11) is 2.20. The van der Waals surface area contributed by atoms with Crippen molar-refractivity contribution < 1.29 is 0 Å². The first-order valence-electron chi connectivity index (χ1n) is 5.48. The van der Waals surface area contributed by atoms with E-state index in [0.29, 0.717) is 6.04 Å². The molecule has 0 saturated carbocycles. The van der Waals surface area contributed by atoms with Gasteiger partial charge in [0.1, 0.15) is 0 Å². The van der Waals surface area contributed by atoms with E-state index < -0.39 is 0 Å². The Kier molecular flexibility index (Phi) is 7.29. The van der Waals surface area contributed by atoms with Gasteiger partial charge in [-0.25, -0.2) is 0 Å². The first kappa shape index (κ1) is 12.9. The largest absolute Gasteiger partial charge is 0.313 e. The molecule has 0 rings (SSSR count). The summed E-state index contributed by atoms with van der Waals surface area (Å²) in [5, 5.41) is 3.49. The van der Waals surface area contributed by atoms with Gasteiger partial charge in [0, 0.05) is 19.1 Å². The summed E-state index contributed by atoms with van der Waals surface area (Å²) in [6, 6.07) is 0.615. The van der Waals surface area contributed by atoms with E-state index in [1.165, 1.54) is 13.0 Å². The summed E-state index contributed by atoms with van der Waals surface area (Å²) in [5.41, 5.74) is 0. The predicted octanol–water partition coefficient (Wildman–Crippen LogP) is 1.96. The zero-order valence-corrected chi connectivity index (χ0v) is 9.93. The number of hydrogen-bond donors (Lipinski definition) is 1. The molecule has 0 aromatic carbocycles. The Morgan fingerprint density at radius 1 is 1.15 bits per heavy atom. The van der Waals surface area contributed by atoms with Crippen LogP contribution >= 0.6 is 0 Å². The maximum atomic E-state index is 3.49. The van der Waals surface area contributed by atoms with Crippen molar-refractivity contribution in [2.75, 3.05) is 26.7 Å². The second-order valence-corrected chi connectivity index (χ2v) is 4.47. The lowest BCUT2D eigenvalue weighted by Crippen LogP contribution is -2.38. The van der Waals surface area contributed by atoms with Crippen molar-refractivity contribution in [3.05, 3.63) is 0 Å². The first-order chi connectivity index (χ1) is 6.06. The fourth-order valence-electron chi connectivity index (χ4n) is 1.62. The molecule has 80 valence electrons. The Morgan fingerprint density at radius 3 is 2.23 bits per heavy atom. The Bertz CT molecular complexity index is 113. The van der Waals surface area contributed by atoms with Crippen LogP contribution in [0.4, 0.5) is 0 Å². The highest BCUT2D eigenvalue weighted by Gasteiger charge is 2.06. The molecule has 2 heteroatoms. The highest BCUT2D eigenvalue weighted by Crippen LogP contribution is 1.96. The molecule has 0 aromatic heterocycles. The van der Waals surface area contributed by atoms with Crippen LogP contribution < -0.4 is 5.32 Å². The van der Waals surface area contributed by atoms with Gasteiger partial charge in [0.05, 0.1) is 0 Å². The van der Waals surface area contributed by atoms with Crippen LogP contribution in [0.15, 0.2) is 0 Å². The fourth-order valence-corrected chi connectivity index (χ4v) is 1.62. The van der Waals surface area contributed by atoms with Crippen LogP contribution in [0, 0.1) is 5.92 Å². The third kappa shape index (κ3) is 8.26. The van der Waals surface area contributed by atoms with Gasteiger partial charge < -0.3 is 10.2 Å². The number of nitrogens with zero attached hydrogens (tertiary/aromatic N) is 1. The molecule has 13 heavy (non-hydrogen) atoms.